The highest BCUT2D eigenvalue weighted by Gasteiger charge is 2.63. The Hall–Kier alpha value is -2.59. The second-order valence-electron chi connectivity index (χ2n) is 9.79. The Labute approximate surface area is 186 Å². The number of ether oxygens (including phenoxy) is 1. The molecule has 0 atom stereocenters. The average Bonchev–Trinajstić information content (AvgIpc) is 2.63. The molecule has 0 N–H and O–H groups in total. The monoisotopic (exact) mass is 443 g/mol. The molecule has 5 nitrogen and oxygen atoms in total. The van der Waals surface area contributed by atoms with E-state index in [4.69, 9.17) is 0 Å². The molecule has 32 heavy (non-hydrogen) atoms. The number of halogens is 2. The molecule has 3 fully saturated rings. The van der Waals surface area contributed by atoms with Crippen LogP contribution in [0.5, 0.6) is 0 Å². The summed E-state index contributed by atoms with van der Waals surface area (Å²) in [4.78, 5) is 39.8. The Morgan fingerprint density at radius 2 is 1.69 bits per heavy atom. The molecule has 3 aliphatic rings. The molecule has 170 valence electrons. The Morgan fingerprint density at radius 1 is 1.12 bits per heavy atom. The van der Waals surface area contributed by atoms with E-state index in [0.717, 1.165) is 22.3 Å². The van der Waals surface area contributed by atoms with Crippen molar-refractivity contribution in [1.82, 2.24) is 4.90 Å². The van der Waals surface area contributed by atoms with Gasteiger partial charge in [-0.1, -0.05) is 5.92 Å². The number of likely N-dealkylation sites (tertiary alicyclic amines) is 1. The summed E-state index contributed by atoms with van der Waals surface area (Å²) in [6.45, 7) is 2.98. The summed E-state index contributed by atoms with van der Waals surface area (Å²) in [7, 11) is 0. The molecule has 1 saturated heterocycles. The van der Waals surface area contributed by atoms with E-state index in [0.29, 0.717) is 38.8 Å². The third kappa shape index (κ3) is 3.97. The summed E-state index contributed by atoms with van der Waals surface area (Å²) in [5, 5.41) is 0. The third-order valence-electron chi connectivity index (χ3n) is 7.13. The molecule has 2 aliphatic carbocycles. The summed E-state index contributed by atoms with van der Waals surface area (Å²) in [6.07, 6.45) is 2.16. The molecule has 7 heteroatoms. The van der Waals surface area contributed by atoms with Crippen molar-refractivity contribution in [2.45, 2.75) is 59.0 Å². The van der Waals surface area contributed by atoms with Gasteiger partial charge in [0.2, 0.25) is 5.91 Å². The second-order valence-corrected chi connectivity index (χ2v) is 9.79. The molecule has 2 spiro atoms. The number of alkyl halides is 2. The van der Waals surface area contributed by atoms with Crippen LogP contribution in [0.15, 0.2) is 12.1 Å². The summed E-state index contributed by atoms with van der Waals surface area (Å²) < 4.78 is 28.3. The molecule has 1 aliphatic heterocycles. The van der Waals surface area contributed by atoms with Gasteiger partial charge in [0.05, 0.1) is 0 Å². The molecule has 1 aromatic carbocycles. The zero-order chi connectivity index (χ0) is 23.3. The van der Waals surface area contributed by atoms with Crippen LogP contribution in [0.2, 0.25) is 0 Å². The first-order chi connectivity index (χ1) is 15.1. The first-order valence-corrected chi connectivity index (χ1v) is 10.8. The molecular weight excluding hydrogens is 416 g/mol. The lowest BCUT2D eigenvalue weighted by atomic mass is 9.45. The molecule has 2 saturated carbocycles. The van der Waals surface area contributed by atoms with Crippen LogP contribution in [0.4, 0.5) is 8.78 Å². The maximum Gasteiger partial charge on any atom is 0.345 e. The van der Waals surface area contributed by atoms with Crippen molar-refractivity contribution in [2.24, 2.45) is 10.8 Å². The highest BCUT2D eigenvalue weighted by atomic mass is 19.3. The van der Waals surface area contributed by atoms with Gasteiger partial charge in [-0.05, 0) is 67.9 Å². The van der Waals surface area contributed by atoms with Crippen molar-refractivity contribution in [3.05, 3.63) is 34.4 Å². The number of aryl methyl sites for hydroxylation is 2. The van der Waals surface area contributed by atoms with Crippen molar-refractivity contribution < 1.29 is 27.9 Å². The van der Waals surface area contributed by atoms with Crippen LogP contribution in [0.3, 0.4) is 0 Å². The molecule has 0 radical (unpaired) electrons. The van der Waals surface area contributed by atoms with Crippen LogP contribution in [-0.4, -0.2) is 48.7 Å². The zero-order valence-electron chi connectivity index (χ0n) is 18.6. The van der Waals surface area contributed by atoms with E-state index in [2.05, 4.69) is 16.6 Å². The van der Waals surface area contributed by atoms with Gasteiger partial charge in [-0.3, -0.25) is 14.4 Å². The first kappa shape index (κ1) is 22.6. The van der Waals surface area contributed by atoms with Crippen LogP contribution in [-0.2, 0) is 19.1 Å². The van der Waals surface area contributed by atoms with Gasteiger partial charge in [-0.25, -0.2) is 0 Å². The normalized spacial score (nSPS) is 21.4. The van der Waals surface area contributed by atoms with Crippen LogP contribution >= 0.6 is 0 Å². The number of amides is 1. The van der Waals surface area contributed by atoms with Crippen molar-refractivity contribution >= 4 is 17.5 Å². The number of Topliss-reactive ketones (excluding diaryl/α,β-unsaturated/α-hetero) is 2. The second kappa shape index (κ2) is 8.08. The van der Waals surface area contributed by atoms with E-state index in [9.17, 15) is 23.2 Å². The van der Waals surface area contributed by atoms with Gasteiger partial charge in [0.15, 0.2) is 0 Å². The molecular formula is C25H27F2NO4. The molecule has 1 heterocycles. The molecule has 1 aromatic rings. The van der Waals surface area contributed by atoms with E-state index < -0.39 is 25.0 Å². The number of hydrogen-bond acceptors (Lipinski definition) is 4. The van der Waals surface area contributed by atoms with E-state index in [1.54, 1.807) is 6.92 Å². The topological polar surface area (TPSA) is 63.7 Å². The lowest BCUT2D eigenvalue weighted by molar-refractivity contribution is -0.189. The van der Waals surface area contributed by atoms with Gasteiger partial charge >= 0.3 is 6.61 Å². The summed E-state index contributed by atoms with van der Waals surface area (Å²) in [5.41, 5.74) is 3.09. The first-order valence-electron chi connectivity index (χ1n) is 10.8. The fraction of sp³-hybridized carbons (Fsp3) is 0.560. The van der Waals surface area contributed by atoms with Crippen LogP contribution < -0.4 is 0 Å². The van der Waals surface area contributed by atoms with Gasteiger partial charge in [0, 0.05) is 36.9 Å². The summed E-state index contributed by atoms with van der Waals surface area (Å²) in [6, 6.07) is 3.86. The standard InChI is InChI=1S/C25H27F2NO4/c1-4-5-17-6-15(2)21(16(3)7-17)22-18(29)8-24(9-19(22)30)11-25(12-24)13-28(14-25)20(31)10-32-23(26)27/h6-7,22-23H,8-14H2,1-3H3. The lowest BCUT2D eigenvalue weighted by Gasteiger charge is -2.65. The van der Waals surface area contributed by atoms with Gasteiger partial charge in [0.25, 0.3) is 0 Å². The third-order valence-corrected chi connectivity index (χ3v) is 7.13. The predicted octanol–water partition coefficient (Wildman–Crippen LogP) is 3.54. The maximum atomic E-state index is 13.2. The lowest BCUT2D eigenvalue weighted by Crippen LogP contribution is -2.68. The van der Waals surface area contributed by atoms with Crippen molar-refractivity contribution in [1.29, 1.82) is 0 Å². The van der Waals surface area contributed by atoms with Crippen LogP contribution in [0, 0.1) is 36.5 Å². The van der Waals surface area contributed by atoms with Crippen molar-refractivity contribution in [2.75, 3.05) is 19.7 Å². The molecule has 0 bridgehead atoms. The Bertz CT molecular complexity index is 995. The smallest absolute Gasteiger partial charge is 0.339 e. The zero-order valence-corrected chi connectivity index (χ0v) is 18.6. The maximum absolute atomic E-state index is 13.2. The summed E-state index contributed by atoms with van der Waals surface area (Å²) in [5.74, 6) is 4.67. The fourth-order valence-corrected chi connectivity index (χ4v) is 6.33. The number of carbonyl (C=O) groups is 3. The van der Waals surface area contributed by atoms with E-state index in [1.165, 1.54) is 4.90 Å². The number of ketones is 2. The molecule has 0 aromatic heterocycles. The number of benzene rings is 1. The van der Waals surface area contributed by atoms with E-state index in [-0.39, 0.29) is 22.4 Å². The van der Waals surface area contributed by atoms with Gasteiger partial charge in [0.1, 0.15) is 24.1 Å². The highest BCUT2D eigenvalue weighted by molar-refractivity contribution is 6.10. The van der Waals surface area contributed by atoms with E-state index in [1.807, 2.05) is 26.0 Å². The number of carbonyl (C=O) groups excluding carboxylic acids is 3. The van der Waals surface area contributed by atoms with Gasteiger partial charge in [-0.15, -0.1) is 5.92 Å². The number of nitrogens with zero attached hydrogens (tertiary/aromatic N) is 1. The minimum Gasteiger partial charge on any atom is -0.339 e. The molecule has 0 unspecified atom stereocenters. The fourth-order valence-electron chi connectivity index (χ4n) is 6.33. The Balaban J connectivity index is 1.40. The highest BCUT2D eigenvalue weighted by Crippen LogP contribution is 2.64. The minimum absolute atomic E-state index is 0.0331. The van der Waals surface area contributed by atoms with Gasteiger partial charge < -0.3 is 9.64 Å². The molecule has 4 rings (SSSR count). The largest absolute Gasteiger partial charge is 0.345 e. The Kier molecular flexibility index (Phi) is 5.70. The Morgan fingerprint density at radius 3 is 2.19 bits per heavy atom. The number of rotatable bonds is 4. The SMILES string of the molecule is CC#Cc1cc(C)c(C2C(=O)CC3(CC2=O)CC2(CN(C(=O)COC(F)F)C2)C3)c(C)c1. The summed E-state index contributed by atoms with van der Waals surface area (Å²) >= 11 is 0. The predicted molar refractivity (Wildman–Crippen MR) is 113 cm³/mol. The average molecular weight is 443 g/mol. The van der Waals surface area contributed by atoms with Crippen molar-refractivity contribution in [3.63, 3.8) is 0 Å². The van der Waals surface area contributed by atoms with Crippen LogP contribution in [0.1, 0.15) is 60.8 Å². The number of hydrogen-bond donors (Lipinski definition) is 0. The minimum atomic E-state index is -2.96. The quantitative estimate of drug-likeness (QED) is 0.528. The van der Waals surface area contributed by atoms with Crippen molar-refractivity contribution in [3.8, 4) is 11.8 Å². The van der Waals surface area contributed by atoms with Gasteiger partial charge in [-0.2, -0.15) is 8.78 Å². The molecule has 1 amide bonds. The van der Waals surface area contributed by atoms with Crippen LogP contribution in [0.25, 0.3) is 0 Å². The van der Waals surface area contributed by atoms with E-state index >= 15 is 0 Å².